The molecule has 0 aliphatic heterocycles. The summed E-state index contributed by atoms with van der Waals surface area (Å²) in [6, 6.07) is 14.8. The van der Waals surface area contributed by atoms with Gasteiger partial charge in [0.05, 0.1) is 19.0 Å². The smallest absolute Gasteiger partial charge is 0.257 e. The average molecular weight is 391 g/mol. The fraction of sp³-hybridized carbons (Fsp3) is 0.0952. The van der Waals surface area contributed by atoms with E-state index in [0.29, 0.717) is 16.5 Å². The van der Waals surface area contributed by atoms with Crippen LogP contribution in [0, 0.1) is 6.92 Å². The summed E-state index contributed by atoms with van der Waals surface area (Å²) < 4.78 is 10.5. The van der Waals surface area contributed by atoms with Crippen molar-refractivity contribution in [3.63, 3.8) is 0 Å². The molecular formula is C21H17N3O3S. The maximum absolute atomic E-state index is 12.6. The number of rotatable bonds is 5. The van der Waals surface area contributed by atoms with Crippen LogP contribution >= 0.6 is 11.3 Å². The molecule has 0 spiro atoms. The first-order valence-corrected chi connectivity index (χ1v) is 9.38. The molecule has 0 atom stereocenters. The van der Waals surface area contributed by atoms with E-state index in [0.717, 1.165) is 27.4 Å². The minimum absolute atomic E-state index is 0.209. The lowest BCUT2D eigenvalue weighted by molar-refractivity contribution is 0.102. The van der Waals surface area contributed by atoms with Gasteiger partial charge < -0.3 is 9.15 Å². The molecule has 4 rings (SSSR count). The van der Waals surface area contributed by atoms with Crippen LogP contribution in [-0.4, -0.2) is 23.0 Å². The normalized spacial score (nSPS) is 10.6. The van der Waals surface area contributed by atoms with E-state index < -0.39 is 0 Å². The Morgan fingerprint density at radius 1 is 1.07 bits per heavy atom. The Bertz CT molecular complexity index is 1090. The molecule has 0 aliphatic rings. The number of methoxy groups -OCH3 is 1. The minimum Gasteiger partial charge on any atom is -0.497 e. The molecular weight excluding hydrogens is 374 g/mol. The van der Waals surface area contributed by atoms with Gasteiger partial charge in [0.1, 0.15) is 5.75 Å². The molecule has 0 bridgehead atoms. The van der Waals surface area contributed by atoms with Gasteiger partial charge in [0.15, 0.2) is 17.3 Å². The van der Waals surface area contributed by atoms with Gasteiger partial charge in [-0.25, -0.2) is 9.97 Å². The van der Waals surface area contributed by atoms with E-state index in [2.05, 4.69) is 15.3 Å². The molecule has 6 nitrogen and oxygen atoms in total. The summed E-state index contributed by atoms with van der Waals surface area (Å²) in [5, 5.41) is 3.44. The number of hydrogen-bond donors (Lipinski definition) is 1. The summed E-state index contributed by atoms with van der Waals surface area (Å²) in [4.78, 5) is 22.1. The van der Waals surface area contributed by atoms with Crippen LogP contribution in [0.4, 0.5) is 5.13 Å². The lowest BCUT2D eigenvalue weighted by Gasteiger charge is -2.03. The summed E-state index contributed by atoms with van der Waals surface area (Å²) in [6.07, 6.45) is 3.01. The third-order valence-corrected chi connectivity index (χ3v) is 5.13. The van der Waals surface area contributed by atoms with Crippen molar-refractivity contribution in [1.82, 2.24) is 9.97 Å². The first-order valence-electron chi connectivity index (χ1n) is 8.56. The van der Waals surface area contributed by atoms with E-state index >= 15 is 0 Å². The number of carbonyl (C=O) groups is 1. The number of carbonyl (C=O) groups excluding carboxylic acids is 1. The Labute approximate surface area is 165 Å². The average Bonchev–Trinajstić information content (AvgIpc) is 3.38. The molecule has 2 aromatic carbocycles. The van der Waals surface area contributed by atoms with E-state index in [9.17, 15) is 4.79 Å². The zero-order valence-corrected chi connectivity index (χ0v) is 16.1. The van der Waals surface area contributed by atoms with Gasteiger partial charge in [-0.3, -0.25) is 10.1 Å². The summed E-state index contributed by atoms with van der Waals surface area (Å²) in [6.45, 7) is 1.99. The van der Waals surface area contributed by atoms with Gasteiger partial charge in [-0.2, -0.15) is 0 Å². The Kier molecular flexibility index (Phi) is 4.90. The molecule has 1 N–H and O–H groups in total. The number of hydrogen-bond acceptors (Lipinski definition) is 6. The second-order valence-electron chi connectivity index (χ2n) is 6.05. The van der Waals surface area contributed by atoms with Crippen LogP contribution in [-0.2, 0) is 0 Å². The predicted molar refractivity (Wildman–Crippen MR) is 109 cm³/mol. The number of nitrogens with one attached hydrogen (secondary N) is 1. The summed E-state index contributed by atoms with van der Waals surface area (Å²) in [5.41, 5.74) is 3.23. The van der Waals surface area contributed by atoms with E-state index in [1.54, 1.807) is 25.4 Å². The van der Waals surface area contributed by atoms with E-state index in [4.69, 9.17) is 9.15 Å². The molecule has 0 radical (unpaired) electrons. The van der Waals surface area contributed by atoms with E-state index in [1.807, 2.05) is 43.3 Å². The van der Waals surface area contributed by atoms with Crippen molar-refractivity contribution in [2.75, 3.05) is 12.4 Å². The number of aromatic nitrogens is 2. The third-order valence-electron chi connectivity index (χ3n) is 4.24. The monoisotopic (exact) mass is 391 g/mol. The van der Waals surface area contributed by atoms with Gasteiger partial charge in [0.2, 0.25) is 0 Å². The van der Waals surface area contributed by atoms with Gasteiger partial charge in [-0.1, -0.05) is 12.1 Å². The topological polar surface area (TPSA) is 77.2 Å². The van der Waals surface area contributed by atoms with Crippen molar-refractivity contribution in [2.45, 2.75) is 6.92 Å². The number of nitrogens with zero attached hydrogens (tertiary/aromatic N) is 2. The summed E-state index contributed by atoms with van der Waals surface area (Å²) >= 11 is 1.45. The first-order chi connectivity index (χ1) is 13.6. The summed E-state index contributed by atoms with van der Waals surface area (Å²) in [5.74, 6) is 1.24. The molecule has 140 valence electrons. The maximum Gasteiger partial charge on any atom is 0.257 e. The highest BCUT2D eigenvalue weighted by atomic mass is 32.1. The Morgan fingerprint density at radius 3 is 2.43 bits per heavy atom. The van der Waals surface area contributed by atoms with Gasteiger partial charge >= 0.3 is 0 Å². The molecule has 0 saturated heterocycles. The Hall–Kier alpha value is -3.45. The van der Waals surface area contributed by atoms with Crippen LogP contribution in [0.2, 0.25) is 0 Å². The molecule has 0 saturated carbocycles. The van der Waals surface area contributed by atoms with Crippen molar-refractivity contribution in [3.05, 3.63) is 71.6 Å². The number of aryl methyl sites for hydroxylation is 1. The highest BCUT2D eigenvalue weighted by molar-refractivity contribution is 7.16. The van der Waals surface area contributed by atoms with Crippen LogP contribution in [0.1, 0.15) is 15.2 Å². The van der Waals surface area contributed by atoms with E-state index in [-0.39, 0.29) is 5.91 Å². The zero-order valence-electron chi connectivity index (χ0n) is 15.3. The maximum atomic E-state index is 12.6. The Balaban J connectivity index is 1.50. The van der Waals surface area contributed by atoms with Gasteiger partial charge in [0, 0.05) is 21.6 Å². The first kappa shape index (κ1) is 17.9. The number of benzene rings is 2. The number of thiazole rings is 1. The van der Waals surface area contributed by atoms with Crippen LogP contribution in [0.3, 0.4) is 0 Å². The number of amides is 1. The third kappa shape index (κ3) is 3.65. The molecule has 1 amide bonds. The fourth-order valence-electron chi connectivity index (χ4n) is 2.78. The Morgan fingerprint density at radius 2 is 1.79 bits per heavy atom. The molecule has 28 heavy (non-hydrogen) atoms. The number of oxazole rings is 1. The lowest BCUT2D eigenvalue weighted by Crippen LogP contribution is -2.11. The molecule has 0 aliphatic carbocycles. The highest BCUT2D eigenvalue weighted by Gasteiger charge is 2.14. The van der Waals surface area contributed by atoms with Crippen molar-refractivity contribution < 1.29 is 13.9 Å². The van der Waals surface area contributed by atoms with Gasteiger partial charge in [-0.05, 0) is 43.3 Å². The quantitative estimate of drug-likeness (QED) is 0.516. The molecule has 0 unspecified atom stereocenters. The van der Waals surface area contributed by atoms with Crippen LogP contribution < -0.4 is 10.1 Å². The largest absolute Gasteiger partial charge is 0.497 e. The van der Waals surface area contributed by atoms with Crippen molar-refractivity contribution in [2.24, 2.45) is 0 Å². The van der Waals surface area contributed by atoms with Crippen molar-refractivity contribution in [3.8, 4) is 28.3 Å². The summed E-state index contributed by atoms with van der Waals surface area (Å²) in [7, 11) is 1.63. The van der Waals surface area contributed by atoms with Crippen molar-refractivity contribution >= 4 is 22.4 Å². The number of anilines is 1. The standard InChI is InChI=1S/C21H17N3O3S/c1-13-19(15-7-9-17(26-2)10-8-15)23-21(28-13)24-20(25)16-5-3-14(4-6-16)18-11-22-12-27-18/h3-12H,1-2H3,(H,23,24,25). The minimum atomic E-state index is -0.209. The number of ether oxygens (including phenoxy) is 1. The molecule has 4 aromatic rings. The van der Waals surface area contributed by atoms with Crippen LogP contribution in [0.25, 0.3) is 22.6 Å². The van der Waals surface area contributed by atoms with Crippen LogP contribution in [0.15, 0.2) is 65.5 Å². The lowest BCUT2D eigenvalue weighted by atomic mass is 10.1. The fourth-order valence-corrected chi connectivity index (χ4v) is 3.61. The second kappa shape index (κ2) is 7.66. The SMILES string of the molecule is COc1ccc(-c2nc(NC(=O)c3ccc(-c4cnco4)cc3)sc2C)cc1. The zero-order chi connectivity index (χ0) is 19.5. The molecule has 0 fully saturated rings. The molecule has 7 heteroatoms. The molecule has 2 aromatic heterocycles. The molecule has 2 heterocycles. The van der Waals surface area contributed by atoms with E-state index in [1.165, 1.54) is 17.7 Å². The second-order valence-corrected chi connectivity index (χ2v) is 7.25. The van der Waals surface area contributed by atoms with Crippen molar-refractivity contribution in [1.29, 1.82) is 0 Å². The van der Waals surface area contributed by atoms with Crippen LogP contribution in [0.5, 0.6) is 5.75 Å². The predicted octanol–water partition coefficient (Wildman–Crippen LogP) is 5.03. The van der Waals surface area contributed by atoms with Gasteiger partial charge in [-0.15, -0.1) is 11.3 Å². The highest BCUT2D eigenvalue weighted by Crippen LogP contribution is 2.31. The van der Waals surface area contributed by atoms with Gasteiger partial charge in [0.25, 0.3) is 5.91 Å².